The molecule has 0 saturated carbocycles. The van der Waals surface area contributed by atoms with Gasteiger partial charge in [0, 0.05) is 7.05 Å². The van der Waals surface area contributed by atoms with E-state index in [1.54, 1.807) is 55.2 Å². The molecule has 0 aromatic carbocycles. The highest BCUT2D eigenvalue weighted by Gasteiger charge is 2.19. The molecule has 27 heavy (non-hydrogen) atoms. The van der Waals surface area contributed by atoms with Crippen LogP contribution in [0.25, 0.3) is 11.4 Å². The van der Waals surface area contributed by atoms with Gasteiger partial charge in [0.1, 0.15) is 5.69 Å². The second-order valence-corrected chi connectivity index (χ2v) is 6.02. The van der Waals surface area contributed by atoms with Crippen molar-refractivity contribution in [3.05, 3.63) is 55.4 Å². The fourth-order valence-electron chi connectivity index (χ4n) is 2.53. The normalized spacial score (nSPS) is 12.7. The number of anilines is 1. The molecule has 0 spiro atoms. The minimum Gasteiger partial charge on any atom is -0.465 e. The van der Waals surface area contributed by atoms with Crippen LogP contribution >= 0.6 is 0 Å². The summed E-state index contributed by atoms with van der Waals surface area (Å²) >= 11 is 0. The lowest BCUT2D eigenvalue weighted by atomic mass is 10.1. The van der Waals surface area contributed by atoms with Crippen molar-refractivity contribution in [3.63, 3.8) is 0 Å². The number of nitrogens with one attached hydrogen (secondary N) is 2. The van der Waals surface area contributed by atoms with Crippen LogP contribution in [0.3, 0.4) is 0 Å². The quantitative estimate of drug-likeness (QED) is 0.619. The number of pyridine rings is 1. The van der Waals surface area contributed by atoms with Gasteiger partial charge >= 0.3 is 6.09 Å². The summed E-state index contributed by atoms with van der Waals surface area (Å²) in [7, 11) is 1.74. The maximum absolute atomic E-state index is 12.2. The highest BCUT2D eigenvalue weighted by molar-refractivity contribution is 5.96. The van der Waals surface area contributed by atoms with Crippen molar-refractivity contribution in [2.75, 3.05) is 5.32 Å². The van der Waals surface area contributed by atoms with Crippen LogP contribution in [0.4, 0.5) is 10.5 Å². The number of hydrogen-bond acceptors (Lipinski definition) is 4. The van der Waals surface area contributed by atoms with Crippen molar-refractivity contribution in [1.29, 1.82) is 0 Å². The minimum absolute atomic E-state index is 0.201. The van der Waals surface area contributed by atoms with E-state index in [2.05, 4.69) is 33.9 Å². The fraction of sp³-hybridized carbons (Fsp3) is 0.263. The van der Waals surface area contributed by atoms with Crippen molar-refractivity contribution in [1.82, 2.24) is 20.1 Å². The first-order chi connectivity index (χ1) is 12.9. The first kappa shape index (κ1) is 19.9. The van der Waals surface area contributed by atoms with Gasteiger partial charge in [0.15, 0.2) is 0 Å². The van der Waals surface area contributed by atoms with E-state index in [1.807, 2.05) is 0 Å². The molecule has 0 fully saturated rings. The number of hydrogen-bond donors (Lipinski definition) is 3. The van der Waals surface area contributed by atoms with Crippen LogP contribution in [0.2, 0.25) is 0 Å². The Morgan fingerprint density at radius 2 is 2.11 bits per heavy atom. The Balaban J connectivity index is 2.40. The number of carboxylic acid groups (broad SMARTS) is 1. The SMILES string of the molecule is C=CC[C@H](NC(=O)O)c1cccc(-c2c(NC(=O)[C@H](C)C=C)cnn2C)n1. The smallest absolute Gasteiger partial charge is 0.405 e. The molecule has 0 unspecified atom stereocenters. The van der Waals surface area contributed by atoms with Gasteiger partial charge < -0.3 is 15.7 Å². The zero-order valence-corrected chi connectivity index (χ0v) is 15.3. The Morgan fingerprint density at radius 3 is 2.74 bits per heavy atom. The molecule has 0 saturated heterocycles. The number of aromatic nitrogens is 3. The Kier molecular flexibility index (Phi) is 6.48. The first-order valence-corrected chi connectivity index (χ1v) is 8.40. The average molecular weight is 369 g/mol. The van der Waals surface area contributed by atoms with E-state index < -0.39 is 12.1 Å². The van der Waals surface area contributed by atoms with E-state index in [9.17, 15) is 9.59 Å². The number of nitrogens with zero attached hydrogens (tertiary/aromatic N) is 3. The van der Waals surface area contributed by atoms with E-state index in [1.165, 1.54) is 0 Å². The Hall–Kier alpha value is -3.42. The second kappa shape index (κ2) is 8.79. The summed E-state index contributed by atoms with van der Waals surface area (Å²) < 4.78 is 1.60. The largest absolute Gasteiger partial charge is 0.465 e. The van der Waals surface area contributed by atoms with Crippen LogP contribution in [-0.4, -0.2) is 31.9 Å². The molecule has 142 valence electrons. The number of rotatable bonds is 8. The summed E-state index contributed by atoms with van der Waals surface area (Å²) in [6.45, 7) is 9.03. The standard InChI is InChI=1S/C19H23N5O3/c1-5-8-13(23-19(26)27)14-9-7-10-15(21-14)17-16(11-20-24(17)4)22-18(25)12(3)6-2/h5-7,9-13,23H,1-2,8H2,3-4H3,(H,22,25)(H,26,27)/t12-,13+/m1/s1. The fourth-order valence-corrected chi connectivity index (χ4v) is 2.53. The molecule has 0 radical (unpaired) electrons. The van der Waals surface area contributed by atoms with Crippen molar-refractivity contribution in [2.45, 2.75) is 19.4 Å². The minimum atomic E-state index is -1.14. The number of amides is 2. The molecule has 0 aliphatic carbocycles. The van der Waals surface area contributed by atoms with Gasteiger partial charge in [-0.2, -0.15) is 5.10 Å². The molecule has 0 aliphatic heterocycles. The van der Waals surface area contributed by atoms with E-state index >= 15 is 0 Å². The van der Waals surface area contributed by atoms with Gasteiger partial charge in [-0.15, -0.1) is 13.2 Å². The molecule has 2 amide bonds. The molecule has 8 nitrogen and oxygen atoms in total. The van der Waals surface area contributed by atoms with Crippen molar-refractivity contribution in [2.24, 2.45) is 13.0 Å². The molecule has 8 heteroatoms. The molecule has 3 N–H and O–H groups in total. The molecular formula is C19H23N5O3. The number of aryl methyl sites for hydroxylation is 1. The van der Waals surface area contributed by atoms with E-state index in [4.69, 9.17) is 5.11 Å². The van der Waals surface area contributed by atoms with Gasteiger partial charge in [-0.1, -0.05) is 25.1 Å². The van der Waals surface area contributed by atoms with Crippen LogP contribution in [0.15, 0.2) is 49.7 Å². The highest BCUT2D eigenvalue weighted by atomic mass is 16.4. The van der Waals surface area contributed by atoms with Gasteiger partial charge in [0.05, 0.1) is 35.2 Å². The monoisotopic (exact) mass is 369 g/mol. The third kappa shape index (κ3) is 4.81. The second-order valence-electron chi connectivity index (χ2n) is 6.02. The zero-order chi connectivity index (χ0) is 20.0. The molecule has 0 bridgehead atoms. The number of carbonyl (C=O) groups excluding carboxylic acids is 1. The predicted molar refractivity (Wildman–Crippen MR) is 103 cm³/mol. The zero-order valence-electron chi connectivity index (χ0n) is 15.3. The summed E-state index contributed by atoms with van der Waals surface area (Å²) in [4.78, 5) is 27.8. The molecule has 2 rings (SSSR count). The maximum atomic E-state index is 12.2. The molecule has 2 aromatic heterocycles. The van der Waals surface area contributed by atoms with Crippen LogP contribution in [-0.2, 0) is 11.8 Å². The Bertz CT molecular complexity index is 859. The van der Waals surface area contributed by atoms with Crippen molar-refractivity contribution < 1.29 is 14.7 Å². The van der Waals surface area contributed by atoms with Gasteiger partial charge in [-0.05, 0) is 18.6 Å². The molecule has 2 heterocycles. The first-order valence-electron chi connectivity index (χ1n) is 8.40. The van der Waals surface area contributed by atoms with Gasteiger partial charge in [-0.25, -0.2) is 9.78 Å². The van der Waals surface area contributed by atoms with Crippen LogP contribution in [0, 0.1) is 5.92 Å². The summed E-state index contributed by atoms with van der Waals surface area (Å²) in [6, 6.07) is 4.77. The third-order valence-corrected chi connectivity index (χ3v) is 4.03. The summed E-state index contributed by atoms with van der Waals surface area (Å²) in [5.41, 5.74) is 2.25. The number of carbonyl (C=O) groups is 2. The Labute approximate surface area is 157 Å². The lowest BCUT2D eigenvalue weighted by molar-refractivity contribution is -0.118. The maximum Gasteiger partial charge on any atom is 0.405 e. The highest BCUT2D eigenvalue weighted by Crippen LogP contribution is 2.28. The lowest BCUT2D eigenvalue weighted by Crippen LogP contribution is -2.27. The van der Waals surface area contributed by atoms with E-state index in [0.29, 0.717) is 29.2 Å². The van der Waals surface area contributed by atoms with Crippen molar-refractivity contribution in [3.8, 4) is 11.4 Å². The molecular weight excluding hydrogens is 346 g/mol. The van der Waals surface area contributed by atoms with Gasteiger partial charge in [0.2, 0.25) is 5.91 Å². The Morgan fingerprint density at radius 1 is 1.37 bits per heavy atom. The molecule has 2 atom stereocenters. The summed E-state index contributed by atoms with van der Waals surface area (Å²) in [5.74, 6) is -0.554. The van der Waals surface area contributed by atoms with Crippen LogP contribution in [0.1, 0.15) is 25.1 Å². The van der Waals surface area contributed by atoms with E-state index in [-0.39, 0.29) is 11.8 Å². The van der Waals surface area contributed by atoms with Crippen molar-refractivity contribution >= 4 is 17.7 Å². The van der Waals surface area contributed by atoms with Gasteiger partial charge in [0.25, 0.3) is 0 Å². The average Bonchev–Trinajstić information content (AvgIpc) is 3.00. The summed E-state index contributed by atoms with van der Waals surface area (Å²) in [6.07, 6.45) is 3.99. The van der Waals surface area contributed by atoms with Crippen LogP contribution < -0.4 is 10.6 Å². The predicted octanol–water partition coefficient (Wildman–Crippen LogP) is 3.13. The van der Waals surface area contributed by atoms with Crippen LogP contribution in [0.5, 0.6) is 0 Å². The topological polar surface area (TPSA) is 109 Å². The molecule has 2 aromatic rings. The van der Waals surface area contributed by atoms with E-state index in [0.717, 1.165) is 0 Å². The van der Waals surface area contributed by atoms with Gasteiger partial charge in [-0.3, -0.25) is 9.48 Å². The molecule has 0 aliphatic rings. The lowest BCUT2D eigenvalue weighted by Gasteiger charge is -2.16. The summed E-state index contributed by atoms with van der Waals surface area (Å²) in [5, 5.41) is 18.5. The third-order valence-electron chi connectivity index (χ3n) is 4.03.